The Balaban J connectivity index is 0.000000364. The average molecular weight is 364 g/mol. The number of aromatic hydroxyl groups is 2. The molecule has 0 radical (unpaired) electrons. The minimum Gasteiger partial charge on any atom is -0.507 e. The van der Waals surface area contributed by atoms with Crippen molar-refractivity contribution in [3.8, 4) is 11.5 Å². The van der Waals surface area contributed by atoms with Crippen molar-refractivity contribution < 1.29 is 36.4 Å². The monoisotopic (exact) mass is 362 g/mol. The zero-order valence-corrected chi connectivity index (χ0v) is 16.2. The molecule has 0 amide bonds. The number of benzene rings is 2. The zero-order valence-electron chi connectivity index (χ0n) is 13.7. The number of phenolic OH excluding ortho intramolecular Hbond substituents is 2. The zero-order chi connectivity index (χ0) is 15.4. The minimum atomic E-state index is 0. The number of phenols is 2. The molecule has 0 aliphatic heterocycles. The van der Waals surface area contributed by atoms with E-state index in [4.69, 9.17) is 0 Å². The third kappa shape index (κ3) is 5.67. The van der Waals surface area contributed by atoms with Gasteiger partial charge in [-0.05, 0) is 63.8 Å². The maximum Gasteiger partial charge on any atom is 0.121 e. The Hall–Kier alpha value is -1.08. The van der Waals surface area contributed by atoms with Crippen molar-refractivity contribution in [1.29, 1.82) is 0 Å². The van der Waals surface area contributed by atoms with Gasteiger partial charge in [0, 0.05) is 26.2 Å². The maximum absolute atomic E-state index is 9.33. The second-order valence-corrected chi connectivity index (χ2v) is 5.49. The molecule has 0 aromatic heterocycles. The molecule has 0 atom stereocenters. The Morgan fingerprint density at radius 3 is 0.905 bits per heavy atom. The van der Waals surface area contributed by atoms with E-state index in [1.165, 1.54) is 11.1 Å². The molecule has 3 heteroatoms. The Kier molecular flexibility index (Phi) is 7.96. The van der Waals surface area contributed by atoms with Gasteiger partial charge in [-0.2, -0.15) is 0 Å². The van der Waals surface area contributed by atoms with Crippen LogP contribution >= 0.6 is 0 Å². The van der Waals surface area contributed by atoms with Crippen LogP contribution in [-0.2, 0) is 26.2 Å². The Morgan fingerprint density at radius 1 is 0.524 bits per heavy atom. The van der Waals surface area contributed by atoms with E-state index in [-0.39, 0.29) is 26.2 Å². The van der Waals surface area contributed by atoms with E-state index in [9.17, 15) is 10.2 Å². The summed E-state index contributed by atoms with van der Waals surface area (Å²) in [7, 11) is 0. The molecule has 2 aromatic carbocycles. The van der Waals surface area contributed by atoms with Crippen LogP contribution < -0.4 is 0 Å². The minimum absolute atomic E-state index is 0. The van der Waals surface area contributed by atoms with E-state index >= 15 is 0 Å². The summed E-state index contributed by atoms with van der Waals surface area (Å²) < 4.78 is 0. The number of hydrogen-bond donors (Lipinski definition) is 2. The standard InChI is InChI=1S/2C9H12O.Zr/c2*1-6-4-7(2)9(10)8(3)5-6;/h2*4-5,10H,1-3H3;. The predicted octanol–water partition coefficient (Wildman–Crippen LogP) is 4.63. The van der Waals surface area contributed by atoms with Crippen molar-refractivity contribution in [1.82, 2.24) is 0 Å². The fraction of sp³-hybridized carbons (Fsp3) is 0.333. The first kappa shape index (κ1) is 19.9. The van der Waals surface area contributed by atoms with Crippen LogP contribution in [0.5, 0.6) is 11.5 Å². The van der Waals surface area contributed by atoms with Crippen molar-refractivity contribution in [2.45, 2.75) is 41.5 Å². The molecule has 0 aliphatic rings. The predicted molar refractivity (Wildman–Crippen MR) is 84.6 cm³/mol. The van der Waals surface area contributed by atoms with Gasteiger partial charge >= 0.3 is 0 Å². The van der Waals surface area contributed by atoms with Crippen LogP contribution in [0.15, 0.2) is 24.3 Å². The van der Waals surface area contributed by atoms with Gasteiger partial charge < -0.3 is 10.2 Å². The van der Waals surface area contributed by atoms with Gasteiger partial charge in [-0.3, -0.25) is 0 Å². The molecule has 2 N–H and O–H groups in total. The summed E-state index contributed by atoms with van der Waals surface area (Å²) in [5, 5.41) is 18.7. The van der Waals surface area contributed by atoms with Crippen LogP contribution in [0.25, 0.3) is 0 Å². The van der Waals surface area contributed by atoms with Crippen molar-refractivity contribution in [3.05, 3.63) is 57.6 Å². The first-order valence-electron chi connectivity index (χ1n) is 6.76. The van der Waals surface area contributed by atoms with E-state index < -0.39 is 0 Å². The summed E-state index contributed by atoms with van der Waals surface area (Å²) in [6, 6.07) is 7.90. The van der Waals surface area contributed by atoms with Gasteiger partial charge in [0.15, 0.2) is 0 Å². The van der Waals surface area contributed by atoms with E-state index in [2.05, 4.69) is 0 Å². The van der Waals surface area contributed by atoms with E-state index in [0.717, 1.165) is 22.3 Å². The molecule has 0 fully saturated rings. The van der Waals surface area contributed by atoms with Crippen LogP contribution in [0.4, 0.5) is 0 Å². The van der Waals surface area contributed by atoms with Gasteiger partial charge in [0.1, 0.15) is 11.5 Å². The average Bonchev–Trinajstić information content (AvgIpc) is 2.33. The molecule has 2 rings (SSSR count). The summed E-state index contributed by atoms with van der Waals surface area (Å²) in [4.78, 5) is 0. The van der Waals surface area contributed by atoms with Crippen molar-refractivity contribution in [2.75, 3.05) is 0 Å². The van der Waals surface area contributed by atoms with E-state index in [1.54, 1.807) is 0 Å². The fourth-order valence-electron chi connectivity index (χ4n) is 2.34. The van der Waals surface area contributed by atoms with Crippen molar-refractivity contribution >= 4 is 0 Å². The van der Waals surface area contributed by atoms with Gasteiger partial charge in [-0.1, -0.05) is 35.4 Å². The Bertz CT molecular complexity index is 517. The van der Waals surface area contributed by atoms with Crippen molar-refractivity contribution in [2.24, 2.45) is 0 Å². The fourth-order valence-corrected chi connectivity index (χ4v) is 2.34. The first-order chi connectivity index (χ1) is 9.22. The van der Waals surface area contributed by atoms with E-state index in [1.807, 2.05) is 65.8 Å². The molecule has 0 saturated carbocycles. The summed E-state index contributed by atoms with van der Waals surface area (Å²) in [6.45, 7) is 11.7. The molecule has 2 nitrogen and oxygen atoms in total. The van der Waals surface area contributed by atoms with Crippen LogP contribution in [0.3, 0.4) is 0 Å². The molecule has 0 unspecified atom stereocenters. The normalized spacial score (nSPS) is 9.43. The van der Waals surface area contributed by atoms with Gasteiger partial charge in [0.05, 0.1) is 0 Å². The summed E-state index contributed by atoms with van der Waals surface area (Å²) >= 11 is 0. The first-order valence-corrected chi connectivity index (χ1v) is 6.76. The molecular weight excluding hydrogens is 339 g/mol. The molecule has 112 valence electrons. The van der Waals surface area contributed by atoms with Crippen LogP contribution in [0, 0.1) is 41.5 Å². The topological polar surface area (TPSA) is 40.5 Å². The van der Waals surface area contributed by atoms with Gasteiger partial charge in [0.2, 0.25) is 0 Å². The number of rotatable bonds is 0. The summed E-state index contributed by atoms with van der Waals surface area (Å²) in [6.07, 6.45) is 0. The molecule has 0 aliphatic carbocycles. The molecule has 21 heavy (non-hydrogen) atoms. The Morgan fingerprint density at radius 2 is 0.714 bits per heavy atom. The van der Waals surface area contributed by atoms with Crippen LogP contribution in [-0.4, -0.2) is 10.2 Å². The smallest absolute Gasteiger partial charge is 0.121 e. The third-order valence-electron chi connectivity index (χ3n) is 3.27. The molecule has 0 spiro atoms. The van der Waals surface area contributed by atoms with Gasteiger partial charge in [-0.15, -0.1) is 0 Å². The van der Waals surface area contributed by atoms with Gasteiger partial charge in [0.25, 0.3) is 0 Å². The summed E-state index contributed by atoms with van der Waals surface area (Å²) in [5.74, 6) is 0.844. The molecular formula is C18H24O2Zr. The molecule has 2 aromatic rings. The molecule has 0 heterocycles. The maximum atomic E-state index is 9.33. The van der Waals surface area contributed by atoms with Crippen LogP contribution in [0.2, 0.25) is 0 Å². The SMILES string of the molecule is Cc1cc(C)c(O)c(C)c1.Cc1cc(C)c(O)c(C)c1.[Zr]. The van der Waals surface area contributed by atoms with Crippen molar-refractivity contribution in [3.63, 3.8) is 0 Å². The quantitative estimate of drug-likeness (QED) is 0.716. The third-order valence-corrected chi connectivity index (χ3v) is 3.27. The Labute approximate surface area is 147 Å². The molecule has 0 saturated heterocycles. The second kappa shape index (κ2) is 8.39. The largest absolute Gasteiger partial charge is 0.507 e. The summed E-state index contributed by atoms with van der Waals surface area (Å²) in [5.41, 5.74) is 6.23. The number of hydrogen-bond acceptors (Lipinski definition) is 2. The second-order valence-electron chi connectivity index (χ2n) is 5.49. The van der Waals surface area contributed by atoms with Crippen LogP contribution in [0.1, 0.15) is 33.4 Å². The number of aryl methyl sites for hydroxylation is 6. The van der Waals surface area contributed by atoms with E-state index in [0.29, 0.717) is 11.5 Å². The molecule has 0 bridgehead atoms. The van der Waals surface area contributed by atoms with Gasteiger partial charge in [-0.25, -0.2) is 0 Å².